The number of benzene rings is 17. The molecule has 0 aromatic heterocycles. The predicted molar refractivity (Wildman–Crippen MR) is 458 cm³/mol. The van der Waals surface area contributed by atoms with E-state index in [0.717, 1.165) is 28.4 Å². The summed E-state index contributed by atoms with van der Waals surface area (Å²) in [4.78, 5) is 5.10. The van der Waals surface area contributed by atoms with Crippen molar-refractivity contribution in [2.24, 2.45) is 0 Å². The van der Waals surface area contributed by atoms with Crippen molar-refractivity contribution in [3.05, 3.63) is 479 Å². The van der Waals surface area contributed by atoms with Crippen molar-refractivity contribution >= 4 is 34.1 Å². The van der Waals surface area contributed by atoms with E-state index in [0.29, 0.717) is 0 Å². The summed E-state index contributed by atoms with van der Waals surface area (Å²) < 4.78 is 0. The molecule has 17 aromatic carbocycles. The second kappa shape index (κ2) is 25.5. The molecular weight excluding hydrogens is 1330 g/mol. The van der Waals surface area contributed by atoms with Gasteiger partial charge in [0.2, 0.25) is 0 Å². The minimum Gasteiger partial charge on any atom is -0.310 e. The van der Waals surface area contributed by atoms with Crippen molar-refractivity contribution in [1.29, 1.82) is 0 Å². The monoisotopic (exact) mass is 1400 g/mol. The van der Waals surface area contributed by atoms with Crippen molar-refractivity contribution in [2.45, 2.75) is 37.0 Å². The maximum absolute atomic E-state index is 2.56. The minimum absolute atomic E-state index is 0.534. The van der Waals surface area contributed by atoms with E-state index < -0.39 is 16.2 Å². The summed E-state index contributed by atoms with van der Waals surface area (Å²) in [5.74, 6) is 0. The lowest BCUT2D eigenvalue weighted by Gasteiger charge is -2.34. The Kier molecular flexibility index (Phi) is 15.0. The molecule has 0 heterocycles. The van der Waals surface area contributed by atoms with E-state index in [-0.39, 0.29) is 0 Å². The highest BCUT2D eigenvalue weighted by Gasteiger charge is 2.54. The zero-order chi connectivity index (χ0) is 73.2. The first-order chi connectivity index (χ1) is 54.3. The van der Waals surface area contributed by atoms with E-state index in [1.165, 1.54) is 167 Å². The number of fused-ring (bicyclic) bond motifs is 16. The first-order valence-corrected chi connectivity index (χ1v) is 38.5. The van der Waals surface area contributed by atoms with Crippen LogP contribution in [-0.2, 0) is 16.2 Å². The van der Waals surface area contributed by atoms with Gasteiger partial charge >= 0.3 is 0 Å². The molecule has 0 amide bonds. The van der Waals surface area contributed by atoms with Crippen LogP contribution in [0, 0.1) is 13.8 Å². The maximum atomic E-state index is 2.56. The van der Waals surface area contributed by atoms with E-state index in [2.05, 4.69) is 437 Å². The molecule has 0 saturated carbocycles. The van der Waals surface area contributed by atoms with E-state index in [1.54, 1.807) is 0 Å². The number of rotatable bonds is 13. The predicted octanol–water partition coefficient (Wildman–Crippen LogP) is 28.0. The molecule has 0 aliphatic heterocycles. The summed E-state index contributed by atoms with van der Waals surface area (Å²) in [5.41, 5.74) is 41.1. The van der Waals surface area contributed by atoms with Gasteiger partial charge in [0.05, 0.1) is 27.9 Å². The van der Waals surface area contributed by atoms with E-state index in [1.807, 2.05) is 0 Å². The van der Waals surface area contributed by atoms with Crippen LogP contribution in [0.4, 0.5) is 34.1 Å². The van der Waals surface area contributed by atoms with Gasteiger partial charge in [-0.05, 0) is 232 Å². The zero-order valence-electron chi connectivity index (χ0n) is 61.6. The first-order valence-electron chi connectivity index (χ1n) is 38.5. The standard InChI is InChI=1S/C108H76N2/c1-71-68-79(75-34-13-6-14-35-75)69-72(2)105(71)110(84-64-58-77(59-65-84)74-32-11-5-12-33-74)101-53-29-51-98-104(101)91-43-22-26-48-95(91)108(98)94-47-25-20-41-89(94)102-86(44-27-49-96(102)108)78-54-60-80(61-55-78)106(3)92-45-23-19-40-87(92)88-67-66-85(70-99(88)106)109(83-62-56-76(57-63-83)73-30-9-4-10-31-73)100-52-28-50-97-103(100)90-42-21-24-46-93(90)107(97,81-36-15-7-16-37-81)82-38-17-8-18-39-82/h4-70H,1-3H3. The Hall–Kier alpha value is -13.7. The highest BCUT2D eigenvalue weighted by molar-refractivity contribution is 6.05. The molecule has 0 fully saturated rings. The van der Waals surface area contributed by atoms with Gasteiger partial charge in [-0.2, -0.15) is 0 Å². The fraction of sp³-hybridized carbons (Fsp3) is 0.0556. The smallest absolute Gasteiger partial charge is 0.0726 e. The largest absolute Gasteiger partial charge is 0.310 e. The number of aryl methyl sites for hydroxylation is 2. The van der Waals surface area contributed by atoms with Gasteiger partial charge in [-0.3, -0.25) is 0 Å². The third kappa shape index (κ3) is 9.55. The van der Waals surface area contributed by atoms with Crippen molar-refractivity contribution in [3.8, 4) is 89.0 Å². The third-order valence-corrected chi connectivity index (χ3v) is 24.7. The molecule has 2 heteroatoms. The fourth-order valence-electron chi connectivity index (χ4n) is 20.0. The molecule has 4 aliphatic rings. The minimum atomic E-state index is -0.621. The van der Waals surface area contributed by atoms with Crippen molar-refractivity contribution < 1.29 is 0 Å². The SMILES string of the molecule is Cc1cc(-c2ccccc2)cc(C)c1N(c1ccc(-c2ccccc2)cc1)c1cccc2c1-c1ccccc1C21c2ccccc2-c2c(-c3ccc(C4(C)c5ccccc5-c5ccc(N(c6ccc(-c7ccccc7)cc6)c6cccc7c6-c6ccccc6C7(c6ccccc6)c6ccccc6)cc54)cc3)cccc21. The van der Waals surface area contributed by atoms with Crippen LogP contribution >= 0.6 is 0 Å². The van der Waals surface area contributed by atoms with Gasteiger partial charge in [-0.25, -0.2) is 0 Å². The Morgan fingerprint density at radius 3 is 1.06 bits per heavy atom. The lowest BCUT2D eigenvalue weighted by molar-refractivity contribution is 0.714. The molecule has 4 aliphatic carbocycles. The lowest BCUT2D eigenvalue weighted by Crippen LogP contribution is -2.28. The number of hydrogen-bond acceptors (Lipinski definition) is 2. The Labute approximate surface area is 644 Å². The van der Waals surface area contributed by atoms with Crippen LogP contribution in [0.2, 0.25) is 0 Å². The molecule has 17 aromatic rings. The molecule has 2 nitrogen and oxygen atoms in total. The van der Waals surface area contributed by atoms with Crippen molar-refractivity contribution in [3.63, 3.8) is 0 Å². The first kappa shape index (κ1) is 64.7. The summed E-state index contributed by atoms with van der Waals surface area (Å²) in [6.07, 6.45) is 0. The molecule has 0 saturated heterocycles. The highest BCUT2D eigenvalue weighted by atomic mass is 15.2. The number of anilines is 6. The molecule has 518 valence electrons. The van der Waals surface area contributed by atoms with Gasteiger partial charge in [-0.1, -0.05) is 346 Å². The van der Waals surface area contributed by atoms with Gasteiger partial charge in [0.15, 0.2) is 0 Å². The second-order valence-electron chi connectivity index (χ2n) is 30.3. The van der Waals surface area contributed by atoms with E-state index >= 15 is 0 Å². The molecular formula is C108H76N2. The Morgan fingerprint density at radius 1 is 0.200 bits per heavy atom. The quantitative estimate of drug-likeness (QED) is 0.114. The Balaban J connectivity index is 0.709. The topological polar surface area (TPSA) is 6.48 Å². The van der Waals surface area contributed by atoms with Crippen molar-refractivity contribution in [2.75, 3.05) is 9.80 Å². The second-order valence-corrected chi connectivity index (χ2v) is 30.3. The number of hydrogen-bond donors (Lipinski definition) is 0. The van der Waals surface area contributed by atoms with Gasteiger partial charge in [0.25, 0.3) is 0 Å². The average molecular weight is 1400 g/mol. The van der Waals surface area contributed by atoms with Crippen LogP contribution in [0.1, 0.15) is 79.2 Å². The molecule has 0 radical (unpaired) electrons. The lowest BCUT2D eigenvalue weighted by atomic mass is 9.68. The summed E-state index contributed by atoms with van der Waals surface area (Å²) in [7, 11) is 0. The Morgan fingerprint density at radius 2 is 0.545 bits per heavy atom. The average Bonchev–Trinajstić information content (AvgIpc) is 1.50. The molecule has 2 atom stereocenters. The molecule has 0 N–H and O–H groups in total. The van der Waals surface area contributed by atoms with Crippen LogP contribution in [0.5, 0.6) is 0 Å². The Bertz CT molecular complexity index is 6400. The van der Waals surface area contributed by atoms with Gasteiger partial charge in [-0.15, -0.1) is 0 Å². The molecule has 1 spiro atoms. The summed E-state index contributed by atoms with van der Waals surface area (Å²) in [6, 6.07) is 153. The molecule has 0 bridgehead atoms. The normalized spacial score (nSPS) is 15.4. The molecule has 2 unspecified atom stereocenters. The number of nitrogens with zero attached hydrogens (tertiary/aromatic N) is 2. The van der Waals surface area contributed by atoms with Crippen LogP contribution in [-0.4, -0.2) is 0 Å². The summed E-state index contributed by atoms with van der Waals surface area (Å²) in [6.45, 7) is 7.04. The maximum Gasteiger partial charge on any atom is 0.0726 e. The van der Waals surface area contributed by atoms with Crippen LogP contribution in [0.15, 0.2) is 406 Å². The fourth-order valence-corrected chi connectivity index (χ4v) is 20.0. The van der Waals surface area contributed by atoms with Crippen molar-refractivity contribution in [1.82, 2.24) is 0 Å². The summed E-state index contributed by atoms with van der Waals surface area (Å²) in [5, 5.41) is 0. The van der Waals surface area contributed by atoms with Crippen LogP contribution < -0.4 is 9.80 Å². The van der Waals surface area contributed by atoms with Gasteiger partial charge in [0.1, 0.15) is 0 Å². The van der Waals surface area contributed by atoms with Gasteiger partial charge in [0, 0.05) is 33.6 Å². The zero-order valence-corrected chi connectivity index (χ0v) is 61.6. The van der Waals surface area contributed by atoms with Crippen LogP contribution in [0.25, 0.3) is 89.0 Å². The van der Waals surface area contributed by atoms with Crippen LogP contribution in [0.3, 0.4) is 0 Å². The summed E-state index contributed by atoms with van der Waals surface area (Å²) >= 11 is 0. The molecule has 21 rings (SSSR count). The van der Waals surface area contributed by atoms with E-state index in [9.17, 15) is 0 Å². The third-order valence-electron chi connectivity index (χ3n) is 24.7. The highest BCUT2D eigenvalue weighted by Crippen LogP contribution is 2.67. The molecule has 110 heavy (non-hydrogen) atoms. The van der Waals surface area contributed by atoms with Gasteiger partial charge < -0.3 is 9.80 Å². The van der Waals surface area contributed by atoms with E-state index in [4.69, 9.17) is 0 Å².